The molecule has 1 saturated heterocycles. The Kier molecular flexibility index (Phi) is 7.96. The third-order valence-electron chi connectivity index (χ3n) is 6.34. The summed E-state index contributed by atoms with van der Waals surface area (Å²) in [6, 6.07) is 5.67. The number of methoxy groups -OCH3 is 3. The molecule has 1 aliphatic carbocycles. The van der Waals surface area contributed by atoms with Crippen LogP contribution in [0.4, 0.5) is 0 Å². The van der Waals surface area contributed by atoms with E-state index in [1.165, 1.54) is 0 Å². The molecule has 0 spiro atoms. The summed E-state index contributed by atoms with van der Waals surface area (Å²) in [7, 11) is 4.88. The second-order valence-electron chi connectivity index (χ2n) is 8.18. The minimum absolute atomic E-state index is 0.0179. The summed E-state index contributed by atoms with van der Waals surface area (Å²) in [6.07, 6.45) is 4.91. The molecule has 166 valence electrons. The molecule has 0 radical (unpaired) electrons. The van der Waals surface area contributed by atoms with Crippen LogP contribution in [0.25, 0.3) is 0 Å². The number of carbonyl (C=O) groups excluding carboxylic acids is 2. The SMILES string of the molecule is COCCCNC(=O)[C@H]1CN(C(=O)C2CCCC2)C[C@H]1c1ccc(OC)cc1OC. The Morgan fingerprint density at radius 2 is 1.87 bits per heavy atom. The van der Waals surface area contributed by atoms with Gasteiger partial charge in [0.2, 0.25) is 11.8 Å². The molecule has 7 heteroatoms. The van der Waals surface area contributed by atoms with Crippen molar-refractivity contribution in [3.63, 3.8) is 0 Å². The Bertz CT molecular complexity index is 732. The zero-order valence-electron chi connectivity index (χ0n) is 18.3. The van der Waals surface area contributed by atoms with Crippen LogP contribution in [-0.2, 0) is 14.3 Å². The normalized spacial score (nSPS) is 21.6. The van der Waals surface area contributed by atoms with Crippen molar-refractivity contribution in [3.8, 4) is 11.5 Å². The molecule has 30 heavy (non-hydrogen) atoms. The first-order valence-electron chi connectivity index (χ1n) is 10.9. The van der Waals surface area contributed by atoms with E-state index in [0.29, 0.717) is 37.7 Å². The molecule has 0 bridgehead atoms. The zero-order valence-corrected chi connectivity index (χ0v) is 18.3. The Hall–Kier alpha value is -2.28. The van der Waals surface area contributed by atoms with Gasteiger partial charge >= 0.3 is 0 Å². The standard InChI is InChI=1S/C23H34N2O5/c1-28-12-6-11-24-22(26)20-15-25(23(27)16-7-4-5-8-16)14-19(20)18-10-9-17(29-2)13-21(18)30-3/h9-10,13,16,19-20H,4-8,11-12,14-15H2,1-3H3,(H,24,26)/t19-,20-/m0/s1. The van der Waals surface area contributed by atoms with Crippen LogP contribution in [0.5, 0.6) is 11.5 Å². The van der Waals surface area contributed by atoms with Crippen LogP contribution >= 0.6 is 0 Å². The number of amides is 2. The number of likely N-dealkylation sites (tertiary alicyclic amines) is 1. The van der Waals surface area contributed by atoms with E-state index in [1.54, 1.807) is 21.3 Å². The lowest BCUT2D eigenvalue weighted by Gasteiger charge is -2.21. The molecule has 2 fully saturated rings. The lowest BCUT2D eigenvalue weighted by molar-refractivity contribution is -0.134. The van der Waals surface area contributed by atoms with Gasteiger partial charge in [-0.05, 0) is 25.3 Å². The first-order valence-corrected chi connectivity index (χ1v) is 10.9. The van der Waals surface area contributed by atoms with Gasteiger partial charge in [0.25, 0.3) is 0 Å². The highest BCUT2D eigenvalue weighted by Crippen LogP contribution is 2.40. The number of benzene rings is 1. The molecular weight excluding hydrogens is 384 g/mol. The van der Waals surface area contributed by atoms with Crippen molar-refractivity contribution in [2.75, 3.05) is 47.6 Å². The van der Waals surface area contributed by atoms with Crippen LogP contribution in [0.15, 0.2) is 18.2 Å². The van der Waals surface area contributed by atoms with Gasteiger partial charge < -0.3 is 24.4 Å². The summed E-state index contributed by atoms with van der Waals surface area (Å²) in [5, 5.41) is 3.03. The molecule has 1 aromatic carbocycles. The quantitative estimate of drug-likeness (QED) is 0.624. The van der Waals surface area contributed by atoms with E-state index in [9.17, 15) is 9.59 Å². The molecule has 1 aromatic rings. The first kappa shape index (κ1) is 22.4. The molecule has 1 N–H and O–H groups in total. The Morgan fingerprint density at radius 1 is 1.10 bits per heavy atom. The summed E-state index contributed by atoms with van der Waals surface area (Å²) < 4.78 is 16.0. The lowest BCUT2D eigenvalue weighted by Crippen LogP contribution is -2.37. The lowest BCUT2D eigenvalue weighted by atomic mass is 9.87. The van der Waals surface area contributed by atoms with Crippen LogP contribution in [0.2, 0.25) is 0 Å². The minimum Gasteiger partial charge on any atom is -0.497 e. The zero-order chi connectivity index (χ0) is 21.5. The van der Waals surface area contributed by atoms with Gasteiger partial charge in [0.15, 0.2) is 0 Å². The van der Waals surface area contributed by atoms with Crippen LogP contribution in [0.3, 0.4) is 0 Å². The summed E-state index contributed by atoms with van der Waals surface area (Å²) in [5.74, 6) is 1.25. The highest BCUT2D eigenvalue weighted by Gasteiger charge is 2.43. The molecule has 2 aliphatic rings. The van der Waals surface area contributed by atoms with E-state index >= 15 is 0 Å². The van der Waals surface area contributed by atoms with Crippen LogP contribution < -0.4 is 14.8 Å². The maximum atomic E-state index is 13.1. The van der Waals surface area contributed by atoms with Gasteiger partial charge in [-0.1, -0.05) is 18.9 Å². The third kappa shape index (κ3) is 5.06. The Balaban J connectivity index is 1.81. The highest BCUT2D eigenvalue weighted by atomic mass is 16.5. The van der Waals surface area contributed by atoms with E-state index in [-0.39, 0.29) is 29.6 Å². The maximum absolute atomic E-state index is 13.1. The van der Waals surface area contributed by atoms with Crippen molar-refractivity contribution >= 4 is 11.8 Å². The average Bonchev–Trinajstić information content (AvgIpc) is 3.46. The average molecular weight is 419 g/mol. The monoisotopic (exact) mass is 418 g/mol. The van der Waals surface area contributed by atoms with Crippen molar-refractivity contribution < 1.29 is 23.8 Å². The van der Waals surface area contributed by atoms with Crippen molar-refractivity contribution in [3.05, 3.63) is 23.8 Å². The second kappa shape index (κ2) is 10.7. The molecule has 1 aliphatic heterocycles. The van der Waals surface area contributed by atoms with E-state index in [1.807, 2.05) is 23.1 Å². The molecule has 1 heterocycles. The van der Waals surface area contributed by atoms with Crippen LogP contribution in [0.1, 0.15) is 43.6 Å². The topological polar surface area (TPSA) is 77.1 Å². The van der Waals surface area contributed by atoms with Gasteiger partial charge in [0, 0.05) is 56.8 Å². The fraction of sp³-hybridized carbons (Fsp3) is 0.652. The predicted octanol–water partition coefficient (Wildman–Crippen LogP) is 2.59. The van der Waals surface area contributed by atoms with Crippen molar-refractivity contribution in [2.24, 2.45) is 11.8 Å². The van der Waals surface area contributed by atoms with Crippen molar-refractivity contribution in [2.45, 2.75) is 38.0 Å². The fourth-order valence-electron chi connectivity index (χ4n) is 4.68. The number of nitrogens with one attached hydrogen (secondary N) is 1. The number of nitrogens with zero attached hydrogens (tertiary/aromatic N) is 1. The molecular formula is C23H34N2O5. The number of rotatable bonds is 9. The molecule has 0 unspecified atom stereocenters. The number of hydrogen-bond acceptors (Lipinski definition) is 5. The van der Waals surface area contributed by atoms with E-state index in [0.717, 1.165) is 37.7 Å². The predicted molar refractivity (Wildman–Crippen MR) is 114 cm³/mol. The van der Waals surface area contributed by atoms with Gasteiger partial charge in [-0.25, -0.2) is 0 Å². The summed E-state index contributed by atoms with van der Waals surface area (Å²) >= 11 is 0. The van der Waals surface area contributed by atoms with E-state index in [4.69, 9.17) is 14.2 Å². The largest absolute Gasteiger partial charge is 0.497 e. The van der Waals surface area contributed by atoms with Crippen molar-refractivity contribution in [1.82, 2.24) is 10.2 Å². The number of carbonyl (C=O) groups is 2. The summed E-state index contributed by atoms with van der Waals surface area (Å²) in [6.45, 7) is 2.15. The smallest absolute Gasteiger partial charge is 0.225 e. The van der Waals surface area contributed by atoms with Gasteiger partial charge in [0.05, 0.1) is 20.1 Å². The maximum Gasteiger partial charge on any atom is 0.225 e. The fourth-order valence-corrected chi connectivity index (χ4v) is 4.68. The van der Waals surface area contributed by atoms with Gasteiger partial charge in [-0.15, -0.1) is 0 Å². The highest BCUT2D eigenvalue weighted by molar-refractivity contribution is 5.84. The second-order valence-corrected chi connectivity index (χ2v) is 8.18. The Morgan fingerprint density at radius 3 is 2.53 bits per heavy atom. The minimum atomic E-state index is -0.305. The summed E-state index contributed by atoms with van der Waals surface area (Å²) in [5.41, 5.74) is 0.942. The molecule has 0 aromatic heterocycles. The molecule has 3 rings (SSSR count). The molecule has 7 nitrogen and oxygen atoms in total. The molecule has 1 saturated carbocycles. The summed E-state index contributed by atoms with van der Waals surface area (Å²) in [4.78, 5) is 28.0. The third-order valence-corrected chi connectivity index (χ3v) is 6.34. The first-order chi connectivity index (χ1) is 14.6. The molecule has 2 amide bonds. The number of hydrogen-bond donors (Lipinski definition) is 1. The van der Waals surface area contributed by atoms with Gasteiger partial charge in [0.1, 0.15) is 11.5 Å². The van der Waals surface area contributed by atoms with Crippen LogP contribution in [0, 0.1) is 11.8 Å². The number of ether oxygens (including phenoxy) is 3. The molecule has 2 atom stereocenters. The van der Waals surface area contributed by atoms with E-state index < -0.39 is 0 Å². The van der Waals surface area contributed by atoms with Gasteiger partial charge in [-0.2, -0.15) is 0 Å². The van der Waals surface area contributed by atoms with E-state index in [2.05, 4.69) is 5.32 Å². The van der Waals surface area contributed by atoms with Crippen molar-refractivity contribution in [1.29, 1.82) is 0 Å². The van der Waals surface area contributed by atoms with Gasteiger partial charge in [-0.3, -0.25) is 9.59 Å². The van der Waals surface area contributed by atoms with Crippen LogP contribution in [-0.4, -0.2) is 64.3 Å². The Labute approximate surface area is 179 Å².